The van der Waals surface area contributed by atoms with E-state index in [4.69, 9.17) is 10.2 Å². The number of rotatable bonds is 5. The van der Waals surface area contributed by atoms with E-state index >= 15 is 0 Å². The van der Waals surface area contributed by atoms with E-state index < -0.39 is 17.5 Å². The van der Waals surface area contributed by atoms with Crippen LogP contribution < -0.4 is 0 Å². The topological polar surface area (TPSA) is 83.8 Å². The predicted octanol–water partition coefficient (Wildman–Crippen LogP) is -0.929. The molecule has 88 valence electrons. The van der Waals surface area contributed by atoms with Gasteiger partial charge >= 0.3 is 11.9 Å². The van der Waals surface area contributed by atoms with Crippen LogP contribution in [-0.4, -0.2) is 66.5 Å². The Bertz CT molecular complexity index is 258. The zero-order valence-corrected chi connectivity index (χ0v) is 9.48. The van der Waals surface area contributed by atoms with Gasteiger partial charge in [-0.1, -0.05) is 0 Å². The van der Waals surface area contributed by atoms with E-state index in [2.05, 4.69) is 4.74 Å². The van der Waals surface area contributed by atoms with Crippen molar-refractivity contribution >= 4 is 11.9 Å². The Morgan fingerprint density at radius 3 is 2.07 bits per heavy atom. The molecule has 6 heteroatoms. The third kappa shape index (κ3) is 2.66. The third-order valence-corrected chi connectivity index (χ3v) is 2.48. The molecule has 0 aliphatic heterocycles. The summed E-state index contributed by atoms with van der Waals surface area (Å²) in [7, 11) is 4.77. The number of aliphatic hydroxyl groups is 1. The molecular weight excluding hydrogens is 202 g/mol. The molecule has 6 nitrogen and oxygen atoms in total. The molecule has 1 atom stereocenters. The van der Waals surface area contributed by atoms with Crippen LogP contribution >= 0.6 is 0 Å². The van der Waals surface area contributed by atoms with E-state index in [9.17, 15) is 9.59 Å². The van der Waals surface area contributed by atoms with Crippen molar-refractivity contribution in [2.45, 2.75) is 12.5 Å². The van der Waals surface area contributed by atoms with Crippen molar-refractivity contribution in [3.05, 3.63) is 0 Å². The first-order chi connectivity index (χ1) is 6.67. The third-order valence-electron chi connectivity index (χ3n) is 2.48. The number of carbonyl (C=O) groups is 2. The average molecular weight is 220 g/mol. The highest BCUT2D eigenvalue weighted by Gasteiger charge is 2.54. The van der Waals surface area contributed by atoms with Gasteiger partial charge in [-0.05, 0) is 0 Å². The predicted molar refractivity (Wildman–Crippen MR) is 52.1 cm³/mol. The van der Waals surface area contributed by atoms with Gasteiger partial charge in [0.1, 0.15) is 6.61 Å². The van der Waals surface area contributed by atoms with Crippen LogP contribution in [0.25, 0.3) is 0 Å². The standard InChI is InChI=1S/C9H17NO5/c1-9(7(12)13,10(2,3)4)8(14)15-6-5-11/h11H,5-6H2,1-4H3/p+1/t9-/m0/s1. The summed E-state index contributed by atoms with van der Waals surface area (Å²) in [6.07, 6.45) is 0. The Morgan fingerprint density at radius 1 is 1.33 bits per heavy atom. The normalized spacial score (nSPS) is 15.5. The summed E-state index contributed by atoms with van der Waals surface area (Å²) in [5, 5.41) is 17.6. The summed E-state index contributed by atoms with van der Waals surface area (Å²) in [4.78, 5) is 22.7. The van der Waals surface area contributed by atoms with Gasteiger partial charge in [0.15, 0.2) is 0 Å². The van der Waals surface area contributed by atoms with Crippen molar-refractivity contribution in [1.29, 1.82) is 0 Å². The summed E-state index contributed by atoms with van der Waals surface area (Å²) >= 11 is 0. The van der Waals surface area contributed by atoms with Crippen LogP contribution in [0.5, 0.6) is 0 Å². The monoisotopic (exact) mass is 220 g/mol. The van der Waals surface area contributed by atoms with E-state index in [0.717, 1.165) is 0 Å². The minimum Gasteiger partial charge on any atom is -0.476 e. The number of quaternary nitrogens is 1. The number of carboxylic acid groups (broad SMARTS) is 1. The highest BCUT2D eigenvalue weighted by molar-refractivity contribution is 6.02. The Hall–Kier alpha value is -1.14. The van der Waals surface area contributed by atoms with E-state index in [1.54, 1.807) is 21.1 Å². The fourth-order valence-corrected chi connectivity index (χ4v) is 0.927. The zero-order valence-electron chi connectivity index (χ0n) is 9.48. The van der Waals surface area contributed by atoms with Crippen molar-refractivity contribution in [3.63, 3.8) is 0 Å². The largest absolute Gasteiger partial charge is 0.476 e. The fraction of sp³-hybridized carbons (Fsp3) is 0.778. The second-order valence-electron chi connectivity index (χ2n) is 4.25. The summed E-state index contributed by atoms with van der Waals surface area (Å²) in [5.41, 5.74) is -1.67. The number of nitrogens with zero attached hydrogens (tertiary/aromatic N) is 1. The highest BCUT2D eigenvalue weighted by atomic mass is 16.5. The number of ether oxygens (including phenoxy) is 1. The lowest BCUT2D eigenvalue weighted by molar-refractivity contribution is -0.902. The number of hydrogen-bond acceptors (Lipinski definition) is 4. The van der Waals surface area contributed by atoms with Crippen LogP contribution in [-0.2, 0) is 14.3 Å². The van der Waals surface area contributed by atoms with Gasteiger partial charge in [-0.25, -0.2) is 9.59 Å². The Morgan fingerprint density at radius 2 is 1.80 bits per heavy atom. The quantitative estimate of drug-likeness (QED) is 0.355. The number of carbonyl (C=O) groups excluding carboxylic acids is 1. The number of carboxylic acids is 1. The Kier molecular flexibility index (Phi) is 4.24. The number of aliphatic hydroxyl groups excluding tert-OH is 1. The molecule has 15 heavy (non-hydrogen) atoms. The molecule has 0 aromatic carbocycles. The molecule has 0 fully saturated rings. The van der Waals surface area contributed by atoms with Gasteiger partial charge in [-0.2, -0.15) is 0 Å². The minimum absolute atomic E-state index is 0.0907. The van der Waals surface area contributed by atoms with Crippen LogP contribution in [0.1, 0.15) is 6.92 Å². The molecular formula is C9H18NO5+. The maximum absolute atomic E-state index is 11.6. The second-order valence-corrected chi connectivity index (χ2v) is 4.25. The zero-order chi connectivity index (χ0) is 12.3. The summed E-state index contributed by atoms with van der Waals surface area (Å²) in [6, 6.07) is 0. The minimum atomic E-state index is -1.67. The molecule has 0 aromatic heterocycles. The van der Waals surface area contributed by atoms with Gasteiger partial charge in [0, 0.05) is 6.92 Å². The lowest BCUT2D eigenvalue weighted by atomic mass is 9.99. The van der Waals surface area contributed by atoms with Crippen LogP contribution in [0.4, 0.5) is 0 Å². The second kappa shape index (κ2) is 4.59. The van der Waals surface area contributed by atoms with E-state index in [-0.39, 0.29) is 17.7 Å². The van der Waals surface area contributed by atoms with Gasteiger partial charge in [0.05, 0.1) is 27.7 Å². The number of likely N-dealkylation sites (N-methyl/N-ethyl adjacent to an activating group) is 1. The molecule has 0 aliphatic carbocycles. The smallest absolute Gasteiger partial charge is 0.380 e. The molecule has 0 aromatic rings. The summed E-state index contributed by atoms with van der Waals surface area (Å²) < 4.78 is 4.57. The Balaban J connectivity index is 4.97. The summed E-state index contributed by atoms with van der Waals surface area (Å²) in [6.45, 7) is 0.787. The first kappa shape index (κ1) is 13.9. The fourth-order valence-electron chi connectivity index (χ4n) is 0.927. The molecule has 0 bridgehead atoms. The van der Waals surface area contributed by atoms with Gasteiger partial charge in [-0.15, -0.1) is 0 Å². The van der Waals surface area contributed by atoms with Crippen molar-refractivity contribution in [2.75, 3.05) is 34.4 Å². The molecule has 0 amide bonds. The van der Waals surface area contributed by atoms with Crippen LogP contribution in [0.15, 0.2) is 0 Å². The van der Waals surface area contributed by atoms with Crippen molar-refractivity contribution < 1.29 is 29.0 Å². The van der Waals surface area contributed by atoms with Gasteiger partial charge in [-0.3, -0.25) is 0 Å². The molecule has 0 radical (unpaired) electrons. The van der Waals surface area contributed by atoms with Crippen LogP contribution in [0.2, 0.25) is 0 Å². The molecule has 0 spiro atoms. The number of aliphatic carboxylic acids is 1. The molecule has 2 N–H and O–H groups in total. The maximum Gasteiger partial charge on any atom is 0.380 e. The maximum atomic E-state index is 11.6. The molecule has 0 saturated heterocycles. The van der Waals surface area contributed by atoms with Crippen molar-refractivity contribution in [2.24, 2.45) is 0 Å². The van der Waals surface area contributed by atoms with Crippen molar-refractivity contribution in [3.8, 4) is 0 Å². The molecule has 0 unspecified atom stereocenters. The van der Waals surface area contributed by atoms with Gasteiger partial charge < -0.3 is 19.4 Å². The number of hydrogen-bond donors (Lipinski definition) is 2. The molecule has 0 rings (SSSR count). The lowest BCUT2D eigenvalue weighted by Gasteiger charge is -2.37. The molecule has 0 heterocycles. The first-order valence-electron chi connectivity index (χ1n) is 4.51. The highest BCUT2D eigenvalue weighted by Crippen LogP contribution is 2.20. The van der Waals surface area contributed by atoms with E-state index in [1.165, 1.54) is 6.92 Å². The SMILES string of the molecule is C[C@](C(=O)O)(C(=O)OCCO)[N+](C)(C)C. The van der Waals surface area contributed by atoms with Crippen LogP contribution in [0, 0.1) is 0 Å². The molecule has 0 aliphatic rings. The van der Waals surface area contributed by atoms with E-state index in [0.29, 0.717) is 0 Å². The first-order valence-corrected chi connectivity index (χ1v) is 4.51. The Labute approximate surface area is 88.7 Å². The lowest BCUT2D eigenvalue weighted by Crippen LogP contribution is -2.65. The van der Waals surface area contributed by atoms with Crippen molar-refractivity contribution in [1.82, 2.24) is 0 Å². The van der Waals surface area contributed by atoms with Gasteiger partial charge in [0.25, 0.3) is 5.54 Å². The average Bonchev–Trinajstić information content (AvgIpc) is 2.10. The van der Waals surface area contributed by atoms with Gasteiger partial charge in [0.2, 0.25) is 0 Å². The molecule has 0 saturated carbocycles. The number of esters is 1. The van der Waals surface area contributed by atoms with Crippen LogP contribution in [0.3, 0.4) is 0 Å². The summed E-state index contributed by atoms with van der Waals surface area (Å²) in [5.74, 6) is -2.10. The van der Waals surface area contributed by atoms with E-state index in [1.807, 2.05) is 0 Å².